The molecule has 1 heterocycles. The molecule has 0 saturated heterocycles. The minimum absolute atomic E-state index is 0.0745. The molecule has 3 rings (SSSR count). The molecule has 1 aromatic rings. The normalized spacial score (nSPS) is 24.6. The third-order valence-corrected chi connectivity index (χ3v) is 5.80. The summed E-state index contributed by atoms with van der Waals surface area (Å²) in [6, 6.07) is 1.72. The number of pyridine rings is 1. The Kier molecular flexibility index (Phi) is 5.53. The van der Waals surface area contributed by atoms with Gasteiger partial charge in [0.1, 0.15) is 5.75 Å². The minimum atomic E-state index is -0.281. The van der Waals surface area contributed by atoms with E-state index in [0.29, 0.717) is 12.4 Å². The Labute approximate surface area is 156 Å². The molecule has 1 amide bonds. The van der Waals surface area contributed by atoms with E-state index < -0.39 is 0 Å². The summed E-state index contributed by atoms with van der Waals surface area (Å²) in [5, 5.41) is 3.18. The highest BCUT2D eigenvalue weighted by Gasteiger charge is 2.50. The van der Waals surface area contributed by atoms with Crippen LogP contribution in [-0.2, 0) is 16.6 Å². The fourth-order valence-corrected chi connectivity index (χ4v) is 3.89. The molecule has 0 radical (unpaired) electrons. The average molecular weight is 413 g/mol. The molecule has 2 aliphatic rings. The van der Waals surface area contributed by atoms with Crippen LogP contribution in [0, 0.1) is 5.41 Å². The number of rotatable bonds is 6. The Balaban J connectivity index is 1.50. The second kappa shape index (κ2) is 7.50. The topological polar surface area (TPSA) is 69.6 Å². The van der Waals surface area contributed by atoms with Crippen LogP contribution in [0.4, 0.5) is 0 Å². The molecule has 2 fully saturated rings. The fourth-order valence-electron chi connectivity index (χ4n) is 3.38. The van der Waals surface area contributed by atoms with Crippen molar-refractivity contribution in [3.05, 3.63) is 27.1 Å². The van der Waals surface area contributed by atoms with Crippen molar-refractivity contribution >= 4 is 21.8 Å². The third-order valence-electron chi connectivity index (χ3n) is 5.20. The molecule has 0 bridgehead atoms. The van der Waals surface area contributed by atoms with Gasteiger partial charge in [-0.2, -0.15) is 0 Å². The lowest BCUT2D eigenvalue weighted by atomic mass is 9.92. The van der Waals surface area contributed by atoms with E-state index in [9.17, 15) is 9.59 Å². The van der Waals surface area contributed by atoms with Gasteiger partial charge in [0, 0.05) is 32.5 Å². The standard InChI is InChI=1S/C18H25BrN2O4/c1-21-10-14(19)15(9-16(21)22)25-13-5-3-12(4-6-13)20-17(23)18(7-8-18)11-24-2/h9-10,12-13H,3-8,11H2,1-2H3,(H,20,23)/t12-,13-. The number of methoxy groups -OCH3 is 1. The number of halogens is 1. The molecule has 2 saturated carbocycles. The van der Waals surface area contributed by atoms with Crippen LogP contribution in [0.25, 0.3) is 0 Å². The summed E-state index contributed by atoms with van der Waals surface area (Å²) in [6.45, 7) is 0.508. The second-order valence-electron chi connectivity index (χ2n) is 7.21. The van der Waals surface area contributed by atoms with Crippen molar-refractivity contribution in [3.63, 3.8) is 0 Å². The van der Waals surface area contributed by atoms with Gasteiger partial charge in [-0.05, 0) is 54.5 Å². The van der Waals surface area contributed by atoms with Crippen molar-refractivity contribution in [3.8, 4) is 5.75 Å². The second-order valence-corrected chi connectivity index (χ2v) is 8.07. The van der Waals surface area contributed by atoms with Gasteiger partial charge in [-0.3, -0.25) is 9.59 Å². The van der Waals surface area contributed by atoms with Crippen molar-refractivity contribution < 1.29 is 14.3 Å². The fraction of sp³-hybridized carbons (Fsp3) is 0.667. The number of nitrogens with one attached hydrogen (secondary N) is 1. The number of carbonyl (C=O) groups is 1. The first-order valence-electron chi connectivity index (χ1n) is 8.76. The highest BCUT2D eigenvalue weighted by atomic mass is 79.9. The van der Waals surface area contributed by atoms with Gasteiger partial charge in [-0.15, -0.1) is 0 Å². The predicted octanol–water partition coefficient (Wildman–Crippen LogP) is 2.38. The summed E-state index contributed by atoms with van der Waals surface area (Å²) in [5.41, 5.74) is -0.371. The Morgan fingerprint density at radius 1 is 1.36 bits per heavy atom. The lowest BCUT2D eigenvalue weighted by Gasteiger charge is -2.30. The summed E-state index contributed by atoms with van der Waals surface area (Å²) in [4.78, 5) is 24.2. The summed E-state index contributed by atoms with van der Waals surface area (Å²) in [6.07, 6.45) is 7.14. The predicted molar refractivity (Wildman–Crippen MR) is 97.7 cm³/mol. The van der Waals surface area contributed by atoms with Gasteiger partial charge >= 0.3 is 0 Å². The molecule has 7 heteroatoms. The van der Waals surface area contributed by atoms with Crippen LogP contribution in [0.2, 0.25) is 0 Å². The Bertz CT molecular complexity index is 691. The lowest BCUT2D eigenvalue weighted by molar-refractivity contribution is -0.129. The Hall–Kier alpha value is -1.34. The first kappa shape index (κ1) is 18.5. The number of amides is 1. The summed E-state index contributed by atoms with van der Waals surface area (Å²) in [5.74, 6) is 0.723. The quantitative estimate of drug-likeness (QED) is 0.778. The minimum Gasteiger partial charge on any atom is -0.489 e. The molecule has 0 unspecified atom stereocenters. The molecule has 138 valence electrons. The number of hydrogen-bond donors (Lipinski definition) is 1. The first-order chi connectivity index (χ1) is 11.9. The molecule has 25 heavy (non-hydrogen) atoms. The van der Waals surface area contributed by atoms with Gasteiger partial charge in [-0.1, -0.05) is 0 Å². The molecule has 0 aromatic carbocycles. The van der Waals surface area contributed by atoms with Gasteiger partial charge in [0.2, 0.25) is 5.91 Å². The number of aromatic nitrogens is 1. The number of carbonyl (C=O) groups excluding carboxylic acids is 1. The maximum Gasteiger partial charge on any atom is 0.254 e. The van der Waals surface area contributed by atoms with E-state index >= 15 is 0 Å². The molecular weight excluding hydrogens is 388 g/mol. The molecule has 6 nitrogen and oxygen atoms in total. The van der Waals surface area contributed by atoms with Gasteiger partial charge in [0.05, 0.1) is 22.6 Å². The van der Waals surface area contributed by atoms with Crippen LogP contribution in [0.15, 0.2) is 21.5 Å². The number of hydrogen-bond acceptors (Lipinski definition) is 4. The van der Waals surface area contributed by atoms with E-state index in [0.717, 1.165) is 43.0 Å². The molecule has 0 aliphatic heterocycles. The zero-order valence-electron chi connectivity index (χ0n) is 14.7. The van der Waals surface area contributed by atoms with Crippen molar-refractivity contribution in [2.24, 2.45) is 12.5 Å². The Morgan fingerprint density at radius 2 is 2.04 bits per heavy atom. The van der Waals surface area contributed by atoms with E-state index in [-0.39, 0.29) is 29.0 Å². The maximum absolute atomic E-state index is 12.4. The molecule has 2 aliphatic carbocycles. The molecule has 0 atom stereocenters. The average Bonchev–Trinajstić information content (AvgIpc) is 3.36. The van der Waals surface area contributed by atoms with E-state index in [2.05, 4.69) is 21.2 Å². The monoisotopic (exact) mass is 412 g/mol. The van der Waals surface area contributed by atoms with Crippen LogP contribution in [0.3, 0.4) is 0 Å². The Morgan fingerprint density at radius 3 is 2.64 bits per heavy atom. The zero-order valence-corrected chi connectivity index (χ0v) is 16.3. The van der Waals surface area contributed by atoms with Crippen molar-refractivity contribution in [1.29, 1.82) is 0 Å². The van der Waals surface area contributed by atoms with Gasteiger partial charge in [0.25, 0.3) is 5.56 Å². The van der Waals surface area contributed by atoms with Crippen molar-refractivity contribution in [1.82, 2.24) is 9.88 Å². The number of ether oxygens (including phenoxy) is 2. The van der Waals surface area contributed by atoms with Crippen LogP contribution >= 0.6 is 15.9 Å². The van der Waals surface area contributed by atoms with E-state index in [1.165, 1.54) is 10.6 Å². The molecular formula is C18H25BrN2O4. The lowest BCUT2D eigenvalue weighted by Crippen LogP contribution is -2.44. The van der Waals surface area contributed by atoms with Crippen LogP contribution < -0.4 is 15.6 Å². The smallest absolute Gasteiger partial charge is 0.254 e. The number of nitrogens with zero attached hydrogens (tertiary/aromatic N) is 1. The molecule has 1 N–H and O–H groups in total. The first-order valence-corrected chi connectivity index (χ1v) is 9.55. The molecule has 0 spiro atoms. The maximum atomic E-state index is 12.4. The van der Waals surface area contributed by atoms with Crippen LogP contribution in [0.1, 0.15) is 38.5 Å². The van der Waals surface area contributed by atoms with Crippen LogP contribution in [0.5, 0.6) is 5.75 Å². The summed E-state index contributed by atoms with van der Waals surface area (Å²) in [7, 11) is 3.35. The summed E-state index contributed by atoms with van der Waals surface area (Å²) < 4.78 is 13.5. The molecule has 1 aromatic heterocycles. The zero-order chi connectivity index (χ0) is 18.0. The highest BCUT2D eigenvalue weighted by Crippen LogP contribution is 2.46. The van der Waals surface area contributed by atoms with E-state index in [4.69, 9.17) is 9.47 Å². The third kappa shape index (κ3) is 4.26. The van der Waals surface area contributed by atoms with E-state index in [1.807, 2.05) is 0 Å². The van der Waals surface area contributed by atoms with Crippen molar-refractivity contribution in [2.45, 2.75) is 50.7 Å². The highest BCUT2D eigenvalue weighted by molar-refractivity contribution is 9.10. The van der Waals surface area contributed by atoms with Crippen LogP contribution in [-0.4, -0.2) is 36.3 Å². The largest absolute Gasteiger partial charge is 0.489 e. The van der Waals surface area contributed by atoms with Crippen molar-refractivity contribution in [2.75, 3.05) is 13.7 Å². The SMILES string of the molecule is COCC1(C(=O)N[C@H]2CC[C@H](Oc3cc(=O)n(C)cc3Br)CC2)CC1. The van der Waals surface area contributed by atoms with Gasteiger partial charge in [-0.25, -0.2) is 0 Å². The number of aryl methyl sites for hydroxylation is 1. The summed E-state index contributed by atoms with van der Waals surface area (Å²) >= 11 is 3.44. The van der Waals surface area contributed by atoms with E-state index in [1.54, 1.807) is 20.4 Å². The van der Waals surface area contributed by atoms with Gasteiger partial charge in [0.15, 0.2) is 0 Å². The van der Waals surface area contributed by atoms with Gasteiger partial charge < -0.3 is 19.4 Å².